The topological polar surface area (TPSA) is 69.9 Å². The molecule has 5 rings (SSSR count). The van der Waals surface area contributed by atoms with Crippen LogP contribution in [0.4, 0.5) is 4.39 Å². The van der Waals surface area contributed by atoms with E-state index in [-0.39, 0.29) is 11.4 Å². The van der Waals surface area contributed by atoms with Crippen molar-refractivity contribution >= 4 is 39.3 Å². The van der Waals surface area contributed by atoms with Gasteiger partial charge in [-0.05, 0) is 69.4 Å². The smallest absolute Gasteiger partial charge is 0.338 e. The number of thiazole rings is 1. The molecule has 3 aromatic carbocycles. The van der Waals surface area contributed by atoms with Crippen molar-refractivity contribution in [2.45, 2.75) is 26.0 Å². The molecule has 1 aromatic heterocycles. The van der Waals surface area contributed by atoms with Crippen molar-refractivity contribution in [2.24, 2.45) is 4.99 Å². The molecule has 1 aliphatic heterocycles. The Morgan fingerprint density at radius 2 is 1.87 bits per heavy atom. The highest BCUT2D eigenvalue weighted by atomic mass is 79.9. The molecule has 2 heterocycles. The number of hydrogen-bond acceptors (Lipinski definition) is 6. The number of carbonyl (C=O) groups is 1. The Balaban J connectivity index is 1.53. The second kappa shape index (κ2) is 11.5. The minimum Gasteiger partial charge on any atom is -0.488 e. The standard InChI is InChI=1S/C30H24BrFN2O4S/c1-3-23-26(29(36)37-2)27(20-7-5-4-6-8-20)34-28(35)25(39-30(34)33-23)16-19-11-14-24(22(31)15-19)38-17-18-9-12-21(32)13-10-18/h4-16,27H,3,17H2,1-2H3/b25-16-/t27-/m0/s1. The molecule has 0 fully saturated rings. The third-order valence-electron chi connectivity index (χ3n) is 6.33. The molecule has 0 amide bonds. The normalized spacial score (nSPS) is 15.1. The lowest BCUT2D eigenvalue weighted by Crippen LogP contribution is -2.40. The SMILES string of the molecule is CCC1=C(C(=O)OC)[C@H](c2ccccc2)n2c(s/c(=C\c3ccc(OCc4ccc(F)cc4)c(Br)c3)c2=O)=N1. The van der Waals surface area contributed by atoms with Crippen molar-refractivity contribution in [1.29, 1.82) is 0 Å². The van der Waals surface area contributed by atoms with Crippen LogP contribution >= 0.6 is 27.3 Å². The summed E-state index contributed by atoms with van der Waals surface area (Å²) in [4.78, 5) is 31.8. The van der Waals surface area contributed by atoms with Crippen molar-refractivity contribution < 1.29 is 18.7 Å². The second-order valence-corrected chi connectivity index (χ2v) is 10.7. The highest BCUT2D eigenvalue weighted by molar-refractivity contribution is 9.10. The molecule has 39 heavy (non-hydrogen) atoms. The molecule has 0 bridgehead atoms. The summed E-state index contributed by atoms with van der Waals surface area (Å²) in [6.45, 7) is 2.22. The molecule has 1 aliphatic rings. The van der Waals surface area contributed by atoms with E-state index >= 15 is 0 Å². The lowest BCUT2D eigenvalue weighted by molar-refractivity contribution is -0.136. The number of methoxy groups -OCH3 is 1. The third-order valence-corrected chi connectivity index (χ3v) is 7.93. The maximum atomic E-state index is 13.7. The van der Waals surface area contributed by atoms with Gasteiger partial charge in [0.15, 0.2) is 4.80 Å². The number of allylic oxidation sites excluding steroid dienone is 1. The zero-order valence-electron chi connectivity index (χ0n) is 21.2. The number of esters is 1. The molecule has 0 unspecified atom stereocenters. The van der Waals surface area contributed by atoms with Gasteiger partial charge in [-0.15, -0.1) is 0 Å². The monoisotopic (exact) mass is 606 g/mol. The first-order valence-corrected chi connectivity index (χ1v) is 13.9. The fourth-order valence-corrected chi connectivity index (χ4v) is 5.96. The molecule has 0 radical (unpaired) electrons. The quantitative estimate of drug-likeness (QED) is 0.268. The molecule has 0 saturated heterocycles. The predicted octanol–water partition coefficient (Wildman–Crippen LogP) is 5.28. The number of halogens is 2. The zero-order chi connectivity index (χ0) is 27.5. The molecule has 1 atom stereocenters. The summed E-state index contributed by atoms with van der Waals surface area (Å²) in [5.41, 5.74) is 3.18. The molecule has 0 aliphatic carbocycles. The van der Waals surface area contributed by atoms with Gasteiger partial charge >= 0.3 is 5.97 Å². The van der Waals surface area contributed by atoms with E-state index < -0.39 is 12.0 Å². The van der Waals surface area contributed by atoms with Crippen LogP contribution in [0.5, 0.6) is 5.75 Å². The molecule has 6 nitrogen and oxygen atoms in total. The van der Waals surface area contributed by atoms with Gasteiger partial charge < -0.3 is 9.47 Å². The van der Waals surface area contributed by atoms with Gasteiger partial charge in [-0.1, -0.05) is 66.8 Å². The molecule has 9 heteroatoms. The van der Waals surface area contributed by atoms with Gasteiger partial charge in [0.05, 0.1) is 33.4 Å². The minimum absolute atomic E-state index is 0.239. The Hall–Kier alpha value is -3.82. The minimum atomic E-state index is -0.638. The lowest BCUT2D eigenvalue weighted by atomic mass is 9.95. The first-order valence-electron chi connectivity index (χ1n) is 12.2. The first kappa shape index (κ1) is 26.8. The first-order chi connectivity index (χ1) is 18.9. The van der Waals surface area contributed by atoms with Crippen molar-refractivity contribution in [1.82, 2.24) is 4.57 Å². The lowest BCUT2D eigenvalue weighted by Gasteiger charge is -2.25. The second-order valence-electron chi connectivity index (χ2n) is 8.80. The number of carbonyl (C=O) groups excluding carboxylic acids is 1. The number of nitrogens with zero attached hydrogens (tertiary/aromatic N) is 2. The molecular formula is C30H24BrFN2O4S. The fraction of sp³-hybridized carbons (Fsp3) is 0.167. The summed E-state index contributed by atoms with van der Waals surface area (Å²) < 4.78 is 26.9. The van der Waals surface area contributed by atoms with Crippen LogP contribution in [0.15, 0.2) is 98.3 Å². The van der Waals surface area contributed by atoms with E-state index in [1.807, 2.05) is 55.5 Å². The van der Waals surface area contributed by atoms with Crippen LogP contribution in [0.25, 0.3) is 6.08 Å². The van der Waals surface area contributed by atoms with Crippen LogP contribution in [0, 0.1) is 5.82 Å². The van der Waals surface area contributed by atoms with Gasteiger partial charge in [0, 0.05) is 0 Å². The number of benzene rings is 3. The fourth-order valence-electron chi connectivity index (χ4n) is 4.43. The number of ether oxygens (including phenoxy) is 2. The molecule has 198 valence electrons. The highest BCUT2D eigenvalue weighted by Gasteiger charge is 2.33. The maximum absolute atomic E-state index is 13.7. The summed E-state index contributed by atoms with van der Waals surface area (Å²) in [6.07, 6.45) is 2.32. The van der Waals surface area contributed by atoms with Crippen LogP contribution in [0.3, 0.4) is 0 Å². The van der Waals surface area contributed by atoms with E-state index in [9.17, 15) is 14.0 Å². The summed E-state index contributed by atoms with van der Waals surface area (Å²) in [6, 6.07) is 20.5. The Bertz CT molecular complexity index is 1740. The Morgan fingerprint density at radius 1 is 1.13 bits per heavy atom. The van der Waals surface area contributed by atoms with Crippen LogP contribution in [-0.2, 0) is 16.1 Å². The predicted molar refractivity (Wildman–Crippen MR) is 152 cm³/mol. The maximum Gasteiger partial charge on any atom is 0.338 e. The summed E-state index contributed by atoms with van der Waals surface area (Å²) in [5, 5.41) is 0. The molecular weight excluding hydrogens is 583 g/mol. The van der Waals surface area contributed by atoms with E-state index in [0.717, 1.165) is 21.2 Å². The summed E-state index contributed by atoms with van der Waals surface area (Å²) >= 11 is 4.83. The van der Waals surface area contributed by atoms with Crippen molar-refractivity contribution in [3.05, 3.63) is 131 Å². The highest BCUT2D eigenvalue weighted by Crippen LogP contribution is 2.32. The molecule has 4 aromatic rings. The number of fused-ring (bicyclic) bond motifs is 1. The Morgan fingerprint density at radius 3 is 2.54 bits per heavy atom. The number of aromatic nitrogens is 1. The van der Waals surface area contributed by atoms with E-state index in [4.69, 9.17) is 14.5 Å². The van der Waals surface area contributed by atoms with Crippen molar-refractivity contribution in [2.75, 3.05) is 7.11 Å². The van der Waals surface area contributed by atoms with Crippen LogP contribution < -0.4 is 19.6 Å². The summed E-state index contributed by atoms with van der Waals surface area (Å²) in [7, 11) is 1.33. The van der Waals surface area contributed by atoms with E-state index in [1.54, 1.807) is 22.8 Å². The average molecular weight is 608 g/mol. The number of hydrogen-bond donors (Lipinski definition) is 0. The van der Waals surface area contributed by atoms with Gasteiger partial charge in [0.25, 0.3) is 5.56 Å². The van der Waals surface area contributed by atoms with Crippen molar-refractivity contribution in [3.8, 4) is 5.75 Å². The van der Waals surface area contributed by atoms with Gasteiger partial charge in [0.2, 0.25) is 0 Å². The average Bonchev–Trinajstić information content (AvgIpc) is 3.26. The van der Waals surface area contributed by atoms with Crippen molar-refractivity contribution in [3.63, 3.8) is 0 Å². The van der Waals surface area contributed by atoms with Crippen LogP contribution in [0.1, 0.15) is 36.1 Å². The Kier molecular flexibility index (Phi) is 7.90. The third kappa shape index (κ3) is 5.51. The zero-order valence-corrected chi connectivity index (χ0v) is 23.6. The van der Waals surface area contributed by atoms with Crippen LogP contribution in [-0.4, -0.2) is 17.6 Å². The Labute approximate surface area is 236 Å². The largest absolute Gasteiger partial charge is 0.488 e. The van der Waals surface area contributed by atoms with Gasteiger partial charge in [-0.2, -0.15) is 0 Å². The van der Waals surface area contributed by atoms with E-state index in [2.05, 4.69) is 15.9 Å². The van der Waals surface area contributed by atoms with Crippen LogP contribution in [0.2, 0.25) is 0 Å². The van der Waals surface area contributed by atoms with E-state index in [1.165, 1.54) is 30.6 Å². The summed E-state index contributed by atoms with van der Waals surface area (Å²) in [5.74, 6) is -0.173. The van der Waals surface area contributed by atoms with Gasteiger partial charge in [0.1, 0.15) is 18.2 Å². The molecule has 0 spiro atoms. The molecule has 0 N–H and O–H groups in total. The van der Waals surface area contributed by atoms with Gasteiger partial charge in [-0.25, -0.2) is 14.2 Å². The number of rotatable bonds is 7. The van der Waals surface area contributed by atoms with Gasteiger partial charge in [-0.3, -0.25) is 9.36 Å². The van der Waals surface area contributed by atoms with E-state index in [0.29, 0.717) is 39.4 Å². The molecule has 0 saturated carbocycles.